The van der Waals surface area contributed by atoms with Crippen LogP contribution < -0.4 is 0 Å². The van der Waals surface area contributed by atoms with Gasteiger partial charge < -0.3 is 0 Å². The zero-order valence-electron chi connectivity index (χ0n) is 11.4. The van der Waals surface area contributed by atoms with Gasteiger partial charge in [0.05, 0.1) is 5.52 Å². The lowest BCUT2D eigenvalue weighted by molar-refractivity contribution is 1.17. The molecule has 0 atom stereocenters. The van der Waals surface area contributed by atoms with E-state index in [9.17, 15) is 0 Å². The smallest absolute Gasteiger partial charge is 0.0704 e. The number of para-hydroxylation sites is 1. The van der Waals surface area contributed by atoms with E-state index in [2.05, 4.69) is 61.3 Å². The molecule has 3 rings (SSSR count). The number of aromatic nitrogens is 1. The maximum atomic E-state index is 4.42. The summed E-state index contributed by atoms with van der Waals surface area (Å²) in [6.07, 6.45) is 2.86. The number of aryl methyl sites for hydroxylation is 2. The predicted octanol–water partition coefficient (Wildman–Crippen LogP) is 4.44. The highest BCUT2D eigenvalue weighted by Gasteiger charge is 2.03. The molecule has 0 aliphatic rings. The molecule has 3 aromatic rings. The first kappa shape index (κ1) is 11.9. The van der Waals surface area contributed by atoms with E-state index in [0.29, 0.717) is 0 Å². The van der Waals surface area contributed by atoms with Crippen molar-refractivity contribution in [3.05, 3.63) is 77.0 Å². The van der Waals surface area contributed by atoms with E-state index < -0.39 is 0 Å². The quantitative estimate of drug-likeness (QED) is 0.652. The van der Waals surface area contributed by atoms with Gasteiger partial charge in [-0.2, -0.15) is 0 Å². The van der Waals surface area contributed by atoms with Gasteiger partial charge in [-0.1, -0.05) is 36.4 Å². The molecule has 2 aromatic carbocycles. The van der Waals surface area contributed by atoms with E-state index in [1.807, 2.05) is 12.3 Å². The maximum Gasteiger partial charge on any atom is 0.0704 e. The van der Waals surface area contributed by atoms with Gasteiger partial charge in [-0.05, 0) is 54.7 Å². The summed E-state index contributed by atoms with van der Waals surface area (Å²) in [6, 6.07) is 17.2. The normalized spacial score (nSPS) is 10.8. The van der Waals surface area contributed by atoms with Gasteiger partial charge in [0.2, 0.25) is 0 Å². The minimum Gasteiger partial charge on any atom is -0.256 e. The lowest BCUT2D eigenvalue weighted by atomic mass is 9.98. The van der Waals surface area contributed by atoms with Crippen molar-refractivity contribution < 1.29 is 0 Å². The summed E-state index contributed by atoms with van der Waals surface area (Å²) in [5, 5.41) is 1.25. The van der Waals surface area contributed by atoms with Gasteiger partial charge in [0.15, 0.2) is 0 Å². The van der Waals surface area contributed by atoms with Crippen LogP contribution in [0.2, 0.25) is 0 Å². The number of pyridine rings is 1. The van der Waals surface area contributed by atoms with Crippen molar-refractivity contribution in [2.75, 3.05) is 0 Å². The monoisotopic (exact) mass is 247 g/mol. The fourth-order valence-electron chi connectivity index (χ4n) is 2.44. The molecule has 0 spiro atoms. The Morgan fingerprint density at radius 1 is 0.895 bits per heavy atom. The van der Waals surface area contributed by atoms with Crippen molar-refractivity contribution in [3.8, 4) is 0 Å². The van der Waals surface area contributed by atoms with Crippen molar-refractivity contribution >= 4 is 10.9 Å². The van der Waals surface area contributed by atoms with Gasteiger partial charge in [0, 0.05) is 11.6 Å². The number of rotatable bonds is 2. The van der Waals surface area contributed by atoms with Crippen LogP contribution in [0.4, 0.5) is 0 Å². The van der Waals surface area contributed by atoms with E-state index in [4.69, 9.17) is 0 Å². The van der Waals surface area contributed by atoms with Crippen LogP contribution in [0.25, 0.3) is 10.9 Å². The van der Waals surface area contributed by atoms with Crippen LogP contribution in [0.1, 0.15) is 22.3 Å². The number of hydrogen-bond acceptors (Lipinski definition) is 1. The van der Waals surface area contributed by atoms with Gasteiger partial charge in [-0.3, -0.25) is 4.98 Å². The second-order valence-electron chi connectivity index (χ2n) is 5.08. The summed E-state index contributed by atoms with van der Waals surface area (Å²) in [7, 11) is 0. The Morgan fingerprint density at radius 3 is 2.58 bits per heavy atom. The number of benzene rings is 2. The summed E-state index contributed by atoms with van der Waals surface area (Å²) >= 11 is 0. The minimum absolute atomic E-state index is 0.962. The molecule has 0 N–H and O–H groups in total. The topological polar surface area (TPSA) is 12.9 Å². The standard InChI is InChI=1S/C18H17N/c1-13-7-8-15(11-14(13)2)12-16-9-10-19-18-6-4-3-5-17(16)18/h3-11H,12H2,1-2H3. The van der Waals surface area contributed by atoms with E-state index in [1.54, 1.807) is 0 Å². The summed E-state index contributed by atoms with van der Waals surface area (Å²) < 4.78 is 0. The van der Waals surface area contributed by atoms with Crippen molar-refractivity contribution in [3.63, 3.8) is 0 Å². The van der Waals surface area contributed by atoms with Crippen LogP contribution in [0.5, 0.6) is 0 Å². The van der Waals surface area contributed by atoms with E-state index in [-0.39, 0.29) is 0 Å². The third-order valence-corrected chi connectivity index (χ3v) is 3.71. The van der Waals surface area contributed by atoms with E-state index in [0.717, 1.165) is 11.9 Å². The fourth-order valence-corrected chi connectivity index (χ4v) is 2.44. The Kier molecular flexibility index (Phi) is 3.04. The van der Waals surface area contributed by atoms with Crippen LogP contribution in [0.3, 0.4) is 0 Å². The molecule has 0 aliphatic carbocycles. The van der Waals surface area contributed by atoms with Crippen LogP contribution >= 0.6 is 0 Å². The molecule has 0 radical (unpaired) electrons. The maximum absolute atomic E-state index is 4.42. The second kappa shape index (κ2) is 4.85. The molecule has 0 fully saturated rings. The fraction of sp³-hybridized carbons (Fsp3) is 0.167. The molecular formula is C18H17N. The second-order valence-corrected chi connectivity index (χ2v) is 5.08. The van der Waals surface area contributed by atoms with Gasteiger partial charge in [-0.15, -0.1) is 0 Å². The third-order valence-electron chi connectivity index (χ3n) is 3.71. The first-order valence-corrected chi connectivity index (χ1v) is 6.63. The molecule has 0 saturated carbocycles. The summed E-state index contributed by atoms with van der Waals surface area (Å²) in [5.74, 6) is 0. The largest absolute Gasteiger partial charge is 0.256 e. The zero-order chi connectivity index (χ0) is 13.2. The molecule has 1 aromatic heterocycles. The Morgan fingerprint density at radius 2 is 1.74 bits per heavy atom. The first-order chi connectivity index (χ1) is 9.24. The molecular weight excluding hydrogens is 230 g/mol. The average Bonchev–Trinajstić information content (AvgIpc) is 2.43. The minimum atomic E-state index is 0.962. The van der Waals surface area contributed by atoms with Crippen LogP contribution in [0, 0.1) is 13.8 Å². The molecule has 1 nitrogen and oxygen atoms in total. The van der Waals surface area contributed by atoms with Gasteiger partial charge in [0.25, 0.3) is 0 Å². The Hall–Kier alpha value is -2.15. The molecule has 0 saturated heterocycles. The highest BCUT2D eigenvalue weighted by atomic mass is 14.6. The summed E-state index contributed by atoms with van der Waals surface area (Å²) in [6.45, 7) is 4.32. The van der Waals surface area contributed by atoms with Crippen molar-refractivity contribution in [1.29, 1.82) is 0 Å². The Balaban J connectivity index is 2.03. The van der Waals surface area contributed by atoms with Crippen LogP contribution in [0.15, 0.2) is 54.7 Å². The SMILES string of the molecule is Cc1ccc(Cc2ccnc3ccccc23)cc1C. The van der Waals surface area contributed by atoms with Crippen LogP contribution in [-0.2, 0) is 6.42 Å². The van der Waals surface area contributed by atoms with Crippen LogP contribution in [-0.4, -0.2) is 4.98 Å². The highest BCUT2D eigenvalue weighted by Crippen LogP contribution is 2.20. The lowest BCUT2D eigenvalue weighted by Gasteiger charge is -2.08. The average molecular weight is 247 g/mol. The molecule has 0 amide bonds. The molecule has 1 heterocycles. The van der Waals surface area contributed by atoms with E-state index >= 15 is 0 Å². The van der Waals surface area contributed by atoms with Gasteiger partial charge in [-0.25, -0.2) is 0 Å². The number of hydrogen-bond donors (Lipinski definition) is 0. The first-order valence-electron chi connectivity index (χ1n) is 6.63. The van der Waals surface area contributed by atoms with Crippen molar-refractivity contribution in [1.82, 2.24) is 4.98 Å². The molecule has 0 unspecified atom stereocenters. The molecule has 1 heteroatoms. The highest BCUT2D eigenvalue weighted by molar-refractivity contribution is 5.82. The molecule has 0 bridgehead atoms. The molecule has 94 valence electrons. The Bertz CT molecular complexity index is 723. The summed E-state index contributed by atoms with van der Waals surface area (Å²) in [5.41, 5.74) is 6.48. The number of nitrogens with zero attached hydrogens (tertiary/aromatic N) is 1. The van der Waals surface area contributed by atoms with Gasteiger partial charge in [0.1, 0.15) is 0 Å². The lowest BCUT2D eigenvalue weighted by Crippen LogP contribution is -1.93. The third kappa shape index (κ3) is 2.37. The molecule has 19 heavy (non-hydrogen) atoms. The van der Waals surface area contributed by atoms with Crippen molar-refractivity contribution in [2.24, 2.45) is 0 Å². The predicted molar refractivity (Wildman–Crippen MR) is 80.5 cm³/mol. The summed E-state index contributed by atoms with van der Waals surface area (Å²) in [4.78, 5) is 4.42. The van der Waals surface area contributed by atoms with E-state index in [1.165, 1.54) is 27.6 Å². The van der Waals surface area contributed by atoms with Crippen molar-refractivity contribution in [2.45, 2.75) is 20.3 Å². The molecule has 0 aliphatic heterocycles. The van der Waals surface area contributed by atoms with Gasteiger partial charge >= 0.3 is 0 Å². The Labute approximate surface area is 113 Å². The zero-order valence-corrected chi connectivity index (χ0v) is 11.4. The number of fused-ring (bicyclic) bond motifs is 1.